The van der Waals surface area contributed by atoms with Crippen molar-refractivity contribution in [3.8, 4) is 23.0 Å². The SMILES string of the molecule is Nc1ccc(I)cc1-c1nc(-c2ccccn2)no1. The Bertz CT molecular complexity index is 712. The first-order chi connectivity index (χ1) is 9.24. The van der Waals surface area contributed by atoms with Crippen LogP contribution in [-0.4, -0.2) is 15.1 Å². The van der Waals surface area contributed by atoms with Crippen molar-refractivity contribution in [2.45, 2.75) is 0 Å². The summed E-state index contributed by atoms with van der Waals surface area (Å²) in [5.74, 6) is 0.852. The summed E-state index contributed by atoms with van der Waals surface area (Å²) in [5.41, 5.74) is 7.94. The fourth-order valence-corrected chi connectivity index (χ4v) is 2.14. The third-order valence-corrected chi connectivity index (χ3v) is 3.24. The first-order valence-corrected chi connectivity index (χ1v) is 6.62. The van der Waals surface area contributed by atoms with E-state index in [1.807, 2.05) is 36.4 Å². The quantitative estimate of drug-likeness (QED) is 0.559. The highest BCUT2D eigenvalue weighted by atomic mass is 127. The lowest BCUT2D eigenvalue weighted by Gasteiger charge is -2.00. The molecule has 0 bridgehead atoms. The zero-order chi connectivity index (χ0) is 13.2. The number of benzene rings is 1. The Morgan fingerprint density at radius 3 is 2.84 bits per heavy atom. The molecule has 0 saturated carbocycles. The van der Waals surface area contributed by atoms with E-state index in [9.17, 15) is 0 Å². The van der Waals surface area contributed by atoms with E-state index in [1.165, 1.54) is 0 Å². The Balaban J connectivity index is 2.04. The average molecular weight is 364 g/mol. The zero-order valence-corrected chi connectivity index (χ0v) is 11.9. The van der Waals surface area contributed by atoms with Crippen molar-refractivity contribution in [2.24, 2.45) is 0 Å². The summed E-state index contributed by atoms with van der Waals surface area (Å²) in [6.45, 7) is 0. The van der Waals surface area contributed by atoms with Gasteiger partial charge < -0.3 is 10.3 Å². The number of pyridine rings is 1. The van der Waals surface area contributed by atoms with Crippen molar-refractivity contribution in [3.63, 3.8) is 0 Å². The molecule has 3 aromatic rings. The van der Waals surface area contributed by atoms with Crippen molar-refractivity contribution in [1.29, 1.82) is 0 Å². The standard InChI is InChI=1S/C13H9IN4O/c14-8-4-5-10(15)9(7-8)13-17-12(18-19-13)11-3-1-2-6-16-11/h1-7H,15H2. The van der Waals surface area contributed by atoms with E-state index >= 15 is 0 Å². The number of nitrogens with two attached hydrogens (primary N) is 1. The number of hydrogen-bond donors (Lipinski definition) is 1. The number of nitrogen functional groups attached to an aromatic ring is 1. The van der Waals surface area contributed by atoms with Crippen molar-refractivity contribution >= 4 is 28.3 Å². The maximum absolute atomic E-state index is 5.92. The van der Waals surface area contributed by atoms with Crippen molar-refractivity contribution in [3.05, 3.63) is 46.2 Å². The third-order valence-electron chi connectivity index (χ3n) is 2.57. The molecule has 2 N–H and O–H groups in total. The second-order valence-corrected chi connectivity index (χ2v) is 5.12. The highest BCUT2D eigenvalue weighted by Crippen LogP contribution is 2.27. The molecular weight excluding hydrogens is 355 g/mol. The normalized spacial score (nSPS) is 10.6. The Labute approximate surface area is 123 Å². The fraction of sp³-hybridized carbons (Fsp3) is 0. The second kappa shape index (κ2) is 4.96. The maximum atomic E-state index is 5.92. The molecule has 0 amide bonds. The predicted octanol–water partition coefficient (Wildman–Crippen LogP) is 2.99. The molecule has 0 saturated heterocycles. The van der Waals surface area contributed by atoms with Crippen LogP contribution in [0.2, 0.25) is 0 Å². The maximum Gasteiger partial charge on any atom is 0.260 e. The van der Waals surface area contributed by atoms with Crippen LogP contribution in [-0.2, 0) is 0 Å². The van der Waals surface area contributed by atoms with E-state index in [4.69, 9.17) is 10.3 Å². The third kappa shape index (κ3) is 2.43. The van der Waals surface area contributed by atoms with E-state index in [0.717, 1.165) is 9.13 Å². The van der Waals surface area contributed by atoms with Crippen LogP contribution in [0, 0.1) is 3.57 Å². The highest BCUT2D eigenvalue weighted by molar-refractivity contribution is 14.1. The topological polar surface area (TPSA) is 77.8 Å². The molecule has 0 unspecified atom stereocenters. The molecule has 19 heavy (non-hydrogen) atoms. The van der Waals surface area contributed by atoms with Crippen LogP contribution in [0.15, 0.2) is 47.1 Å². The van der Waals surface area contributed by atoms with Gasteiger partial charge in [-0.1, -0.05) is 11.2 Å². The molecular formula is C13H9IN4O. The Morgan fingerprint density at radius 2 is 2.05 bits per heavy atom. The first-order valence-electron chi connectivity index (χ1n) is 5.54. The van der Waals surface area contributed by atoms with Gasteiger partial charge in [-0.15, -0.1) is 0 Å². The van der Waals surface area contributed by atoms with Gasteiger partial charge in [0.1, 0.15) is 5.69 Å². The number of aromatic nitrogens is 3. The molecule has 0 aliphatic heterocycles. The Hall–Kier alpha value is -1.96. The predicted molar refractivity (Wildman–Crippen MR) is 80.1 cm³/mol. The molecule has 5 nitrogen and oxygen atoms in total. The van der Waals surface area contributed by atoms with Gasteiger partial charge in [-0.05, 0) is 52.9 Å². The summed E-state index contributed by atoms with van der Waals surface area (Å²) < 4.78 is 6.31. The van der Waals surface area contributed by atoms with E-state index < -0.39 is 0 Å². The summed E-state index contributed by atoms with van der Waals surface area (Å²) in [6.07, 6.45) is 1.69. The molecule has 0 spiro atoms. The lowest BCUT2D eigenvalue weighted by Crippen LogP contribution is -1.91. The van der Waals surface area contributed by atoms with Crippen LogP contribution >= 0.6 is 22.6 Å². The van der Waals surface area contributed by atoms with Crippen LogP contribution in [0.1, 0.15) is 0 Å². The van der Waals surface area contributed by atoms with Crippen molar-refractivity contribution < 1.29 is 4.52 Å². The highest BCUT2D eigenvalue weighted by Gasteiger charge is 2.13. The van der Waals surface area contributed by atoms with Gasteiger partial charge in [0.15, 0.2) is 0 Å². The van der Waals surface area contributed by atoms with Gasteiger partial charge in [-0.2, -0.15) is 4.98 Å². The molecule has 2 aromatic heterocycles. The lowest BCUT2D eigenvalue weighted by molar-refractivity contribution is 0.432. The van der Waals surface area contributed by atoms with E-state index in [2.05, 4.69) is 37.7 Å². The van der Waals surface area contributed by atoms with Crippen LogP contribution in [0.4, 0.5) is 5.69 Å². The van der Waals surface area contributed by atoms with Gasteiger partial charge in [0, 0.05) is 15.5 Å². The van der Waals surface area contributed by atoms with Crippen LogP contribution in [0.25, 0.3) is 23.0 Å². The van der Waals surface area contributed by atoms with E-state index in [0.29, 0.717) is 23.1 Å². The smallest absolute Gasteiger partial charge is 0.260 e. The molecule has 0 fully saturated rings. The molecule has 0 radical (unpaired) electrons. The summed E-state index contributed by atoms with van der Waals surface area (Å²) in [6, 6.07) is 11.2. The molecule has 3 rings (SSSR count). The fourth-order valence-electron chi connectivity index (χ4n) is 1.65. The monoisotopic (exact) mass is 364 g/mol. The van der Waals surface area contributed by atoms with Gasteiger partial charge in [-0.3, -0.25) is 4.98 Å². The zero-order valence-electron chi connectivity index (χ0n) is 9.75. The number of hydrogen-bond acceptors (Lipinski definition) is 5. The van der Waals surface area contributed by atoms with Gasteiger partial charge in [0.25, 0.3) is 5.89 Å². The second-order valence-electron chi connectivity index (χ2n) is 3.87. The Kier molecular flexibility index (Phi) is 3.16. The minimum atomic E-state index is 0.400. The summed E-state index contributed by atoms with van der Waals surface area (Å²) in [7, 11) is 0. The molecule has 0 aliphatic carbocycles. The summed E-state index contributed by atoms with van der Waals surface area (Å²) >= 11 is 2.21. The summed E-state index contributed by atoms with van der Waals surface area (Å²) in [4.78, 5) is 8.51. The average Bonchev–Trinajstić information content (AvgIpc) is 2.92. The van der Waals surface area contributed by atoms with Crippen molar-refractivity contribution in [1.82, 2.24) is 15.1 Å². The molecule has 94 valence electrons. The van der Waals surface area contributed by atoms with Gasteiger partial charge >= 0.3 is 0 Å². The van der Waals surface area contributed by atoms with Gasteiger partial charge in [0.05, 0.1) is 5.56 Å². The van der Waals surface area contributed by atoms with Crippen molar-refractivity contribution in [2.75, 3.05) is 5.73 Å². The van der Waals surface area contributed by atoms with E-state index in [-0.39, 0.29) is 0 Å². The molecule has 6 heteroatoms. The molecule has 1 aromatic carbocycles. The summed E-state index contributed by atoms with van der Waals surface area (Å²) in [5, 5.41) is 3.93. The number of rotatable bonds is 2. The van der Waals surface area contributed by atoms with Gasteiger partial charge in [0.2, 0.25) is 5.82 Å². The van der Waals surface area contributed by atoms with Crippen LogP contribution in [0.5, 0.6) is 0 Å². The number of nitrogens with zero attached hydrogens (tertiary/aromatic N) is 3. The Morgan fingerprint density at radius 1 is 1.16 bits per heavy atom. The first kappa shape index (κ1) is 12.1. The molecule has 0 aliphatic rings. The molecule has 0 atom stereocenters. The number of halogens is 1. The largest absolute Gasteiger partial charge is 0.398 e. The minimum absolute atomic E-state index is 0.400. The van der Waals surface area contributed by atoms with Crippen LogP contribution in [0.3, 0.4) is 0 Å². The number of anilines is 1. The van der Waals surface area contributed by atoms with Gasteiger partial charge in [-0.25, -0.2) is 0 Å². The van der Waals surface area contributed by atoms with E-state index in [1.54, 1.807) is 6.20 Å². The van der Waals surface area contributed by atoms with Crippen LogP contribution < -0.4 is 5.73 Å². The lowest BCUT2D eigenvalue weighted by atomic mass is 10.2. The minimum Gasteiger partial charge on any atom is -0.398 e. The molecule has 2 heterocycles.